The molecule has 6 rings (SSSR count). The molecular weight excluding hydrogens is 547 g/mol. The van der Waals surface area contributed by atoms with E-state index < -0.39 is 8.32 Å². The fourth-order valence-corrected chi connectivity index (χ4v) is 9.20. The lowest BCUT2D eigenvalue weighted by atomic mass is 9.51. The topological polar surface area (TPSA) is 38.8 Å². The molecule has 4 fully saturated rings. The molecule has 5 heteroatoms. The maximum Gasteiger partial charge on any atom is 0.230 e. The zero-order valence-electron chi connectivity index (χ0n) is 27.7. The Morgan fingerprint density at radius 3 is 2.21 bits per heavy atom. The lowest BCUT2D eigenvalue weighted by Crippen LogP contribution is -2.52. The lowest BCUT2D eigenvalue weighted by molar-refractivity contribution is -0.124. The first-order chi connectivity index (χ1) is 20.3. The summed E-state index contributed by atoms with van der Waals surface area (Å²) in [6.07, 6.45) is 16.8. The van der Waals surface area contributed by atoms with Gasteiger partial charge in [0.15, 0.2) is 8.32 Å². The van der Waals surface area contributed by atoms with Crippen LogP contribution in [0.15, 0.2) is 42.5 Å². The number of anilines is 1. The Bertz CT molecular complexity index is 1330. The smallest absolute Gasteiger partial charge is 0.230 e. The monoisotopic (exact) mass is 599 g/mol. The van der Waals surface area contributed by atoms with Crippen LogP contribution in [0.25, 0.3) is 0 Å². The largest absolute Gasteiger partial charge is 0.496 e. The molecule has 2 aromatic carbocycles. The third-order valence-electron chi connectivity index (χ3n) is 11.8. The first-order valence-corrected chi connectivity index (χ1v) is 19.4. The highest BCUT2D eigenvalue weighted by Crippen LogP contribution is 2.58. The molecule has 0 heterocycles. The molecule has 0 saturated heterocycles. The second-order valence-corrected chi connectivity index (χ2v) is 20.2. The van der Waals surface area contributed by atoms with Crippen LogP contribution in [0.1, 0.15) is 102 Å². The zero-order valence-corrected chi connectivity index (χ0v) is 28.7. The number of terminal acetylenes is 1. The summed E-state index contributed by atoms with van der Waals surface area (Å²) in [4.78, 5) is 16.5. The van der Waals surface area contributed by atoms with Gasteiger partial charge in [0.2, 0.25) is 5.91 Å². The van der Waals surface area contributed by atoms with E-state index in [1.54, 1.807) is 7.11 Å². The van der Waals surface area contributed by atoms with E-state index in [1.807, 2.05) is 18.2 Å². The summed E-state index contributed by atoms with van der Waals surface area (Å²) in [5.41, 5.74) is 4.88. The zero-order chi connectivity index (χ0) is 31.0. The molecule has 4 saturated carbocycles. The molecule has 0 unspecified atom stereocenters. The van der Waals surface area contributed by atoms with E-state index in [9.17, 15) is 4.79 Å². The molecule has 2 aromatic rings. The van der Waals surface area contributed by atoms with Crippen LogP contribution in [0.5, 0.6) is 5.75 Å². The number of benzene rings is 2. The molecule has 232 valence electrons. The maximum atomic E-state index is 14.4. The van der Waals surface area contributed by atoms with Crippen molar-refractivity contribution in [2.24, 2.45) is 11.3 Å². The summed E-state index contributed by atoms with van der Waals surface area (Å²) in [6.45, 7) is 14.5. The highest BCUT2D eigenvalue weighted by molar-refractivity contribution is 6.74. The van der Waals surface area contributed by atoms with Gasteiger partial charge in [0.05, 0.1) is 7.11 Å². The molecule has 2 bridgehead atoms. The Kier molecular flexibility index (Phi) is 8.96. The number of nitrogens with zero attached hydrogens (tertiary/aromatic N) is 1. The number of carbonyl (C=O) groups is 1. The van der Waals surface area contributed by atoms with Crippen molar-refractivity contribution in [1.82, 2.24) is 0 Å². The molecule has 0 spiro atoms. The normalized spacial score (nSPS) is 27.4. The van der Waals surface area contributed by atoms with Gasteiger partial charge in [-0.3, -0.25) is 4.79 Å². The molecule has 0 radical (unpaired) electrons. The molecule has 0 atom stereocenters. The molecule has 0 aromatic heterocycles. The van der Waals surface area contributed by atoms with Crippen LogP contribution in [-0.2, 0) is 14.6 Å². The quantitative estimate of drug-likeness (QED) is 0.224. The van der Waals surface area contributed by atoms with Crippen molar-refractivity contribution in [3.63, 3.8) is 0 Å². The molecular formula is C38H53NO3Si. The number of aryl methyl sites for hydroxylation is 1. The number of hydrogen-bond donors (Lipinski definition) is 0. The maximum absolute atomic E-state index is 14.4. The lowest BCUT2D eigenvalue weighted by Gasteiger charge is -2.55. The van der Waals surface area contributed by atoms with E-state index in [0.29, 0.717) is 0 Å². The van der Waals surface area contributed by atoms with E-state index in [1.165, 1.54) is 30.4 Å². The first kappa shape index (κ1) is 31.9. The molecule has 0 N–H and O–H groups in total. The van der Waals surface area contributed by atoms with Crippen molar-refractivity contribution in [1.29, 1.82) is 0 Å². The van der Waals surface area contributed by atoms with E-state index >= 15 is 0 Å². The standard InChI is InChI=1S/C38H53NO3Si/c1-9-29-11-10-12-32(26-29)39(35(40)30-13-16-33(17-14-30)42-43(7,8)36(3,4)5)27-37-19-22-38(23-20-37,24-21-37)31-15-18-34(41-6)28(2)25-31/h1,10-12,15,18,25-26,30,33H,13-14,16-17,19-24,27H2,2-8H3/t30-,33-,37?,38?. The van der Waals surface area contributed by atoms with Crippen molar-refractivity contribution in [3.8, 4) is 18.1 Å². The van der Waals surface area contributed by atoms with Crippen LogP contribution < -0.4 is 9.64 Å². The van der Waals surface area contributed by atoms with Crippen LogP contribution in [0.4, 0.5) is 5.69 Å². The average Bonchev–Trinajstić information content (AvgIpc) is 3.00. The van der Waals surface area contributed by atoms with E-state index in [4.69, 9.17) is 15.6 Å². The van der Waals surface area contributed by atoms with Crippen LogP contribution in [0.2, 0.25) is 18.1 Å². The molecule has 4 aliphatic rings. The molecule has 43 heavy (non-hydrogen) atoms. The summed E-state index contributed by atoms with van der Waals surface area (Å²) < 4.78 is 12.3. The second kappa shape index (κ2) is 12.1. The van der Waals surface area contributed by atoms with E-state index in [0.717, 1.165) is 68.5 Å². The predicted molar refractivity (Wildman–Crippen MR) is 180 cm³/mol. The van der Waals surface area contributed by atoms with Gasteiger partial charge in [-0.15, -0.1) is 6.42 Å². The van der Waals surface area contributed by atoms with Gasteiger partial charge in [0, 0.05) is 29.8 Å². The Morgan fingerprint density at radius 2 is 1.65 bits per heavy atom. The van der Waals surface area contributed by atoms with Crippen molar-refractivity contribution in [2.75, 3.05) is 18.6 Å². The molecule has 4 aliphatic carbocycles. The number of fused-ring (bicyclic) bond motifs is 3. The van der Waals surface area contributed by atoms with Crippen LogP contribution >= 0.6 is 0 Å². The fraction of sp³-hybridized carbons (Fsp3) is 0.605. The van der Waals surface area contributed by atoms with Crippen LogP contribution in [-0.4, -0.2) is 34.0 Å². The number of carbonyl (C=O) groups excluding carboxylic acids is 1. The minimum absolute atomic E-state index is 0.0405. The number of ether oxygens (including phenoxy) is 1. The number of hydrogen-bond acceptors (Lipinski definition) is 3. The average molecular weight is 600 g/mol. The number of rotatable bonds is 8. The Labute approximate surface area is 262 Å². The number of amides is 1. The minimum atomic E-state index is -1.83. The van der Waals surface area contributed by atoms with Crippen molar-refractivity contribution in [3.05, 3.63) is 59.2 Å². The van der Waals surface area contributed by atoms with Gasteiger partial charge in [-0.25, -0.2) is 0 Å². The van der Waals surface area contributed by atoms with Gasteiger partial charge in [0.25, 0.3) is 0 Å². The molecule has 0 aliphatic heterocycles. The summed E-state index contributed by atoms with van der Waals surface area (Å²) >= 11 is 0. The first-order valence-electron chi connectivity index (χ1n) is 16.5. The van der Waals surface area contributed by atoms with Crippen molar-refractivity contribution >= 4 is 19.9 Å². The summed E-state index contributed by atoms with van der Waals surface area (Å²) in [7, 11) is -0.0787. The highest BCUT2D eigenvalue weighted by Gasteiger charge is 2.51. The Hall–Kier alpha value is -2.55. The fourth-order valence-electron chi connectivity index (χ4n) is 7.78. The summed E-state index contributed by atoms with van der Waals surface area (Å²) in [5.74, 6) is 4.08. The predicted octanol–water partition coefficient (Wildman–Crippen LogP) is 9.19. The van der Waals surface area contributed by atoms with Gasteiger partial charge in [-0.05, 0) is 135 Å². The van der Waals surface area contributed by atoms with Gasteiger partial charge >= 0.3 is 0 Å². The van der Waals surface area contributed by atoms with Crippen molar-refractivity contribution < 1.29 is 14.0 Å². The molecule has 1 amide bonds. The third kappa shape index (κ3) is 6.47. The molecule has 4 nitrogen and oxygen atoms in total. The van der Waals surface area contributed by atoms with Gasteiger partial charge in [0.1, 0.15) is 5.75 Å². The highest BCUT2D eigenvalue weighted by atomic mass is 28.4. The SMILES string of the molecule is C#Cc1cccc(N(CC23CCC(c4ccc(OC)c(C)c4)(CC2)CC3)C(=O)[C@H]2CC[C@H](O[Si](C)(C)C(C)(C)C)CC2)c1. The van der Waals surface area contributed by atoms with Gasteiger partial charge in [-0.2, -0.15) is 0 Å². The summed E-state index contributed by atoms with van der Waals surface area (Å²) in [6, 6.07) is 14.9. The Balaban J connectivity index is 1.31. The van der Waals surface area contributed by atoms with Crippen LogP contribution in [0, 0.1) is 30.6 Å². The number of methoxy groups -OCH3 is 1. The third-order valence-corrected chi connectivity index (χ3v) is 16.3. The summed E-state index contributed by atoms with van der Waals surface area (Å²) in [5, 5.41) is 0.196. The van der Waals surface area contributed by atoms with Crippen LogP contribution in [0.3, 0.4) is 0 Å². The van der Waals surface area contributed by atoms with Crippen molar-refractivity contribution in [2.45, 2.75) is 122 Å². The van der Waals surface area contributed by atoms with Gasteiger partial charge in [-0.1, -0.05) is 44.9 Å². The Morgan fingerprint density at radius 1 is 1.00 bits per heavy atom. The van der Waals surface area contributed by atoms with Gasteiger partial charge < -0.3 is 14.1 Å². The van der Waals surface area contributed by atoms with E-state index in [2.05, 4.69) is 75.9 Å². The minimum Gasteiger partial charge on any atom is -0.496 e. The second-order valence-electron chi connectivity index (χ2n) is 15.4. The van der Waals surface area contributed by atoms with E-state index in [-0.39, 0.29) is 33.8 Å².